The highest BCUT2D eigenvalue weighted by molar-refractivity contribution is 4.82. The number of nitrogens with one attached hydrogen (secondary N) is 1. The summed E-state index contributed by atoms with van der Waals surface area (Å²) < 4.78 is 0. The van der Waals surface area contributed by atoms with E-state index in [0.29, 0.717) is 12.1 Å². The highest BCUT2D eigenvalue weighted by atomic mass is 15.1. The van der Waals surface area contributed by atoms with Crippen molar-refractivity contribution in [1.29, 1.82) is 0 Å². The standard InChI is InChI=1S/C16H34N2/c1-5-12-17-16(13-18(4)14(3)6-2)15-10-8-7-9-11-15/h14-17H,5-13H2,1-4H3. The lowest BCUT2D eigenvalue weighted by molar-refractivity contribution is 0.173. The maximum Gasteiger partial charge on any atom is 0.0223 e. The van der Waals surface area contributed by atoms with E-state index in [1.807, 2.05) is 0 Å². The van der Waals surface area contributed by atoms with Crippen LogP contribution in [0.5, 0.6) is 0 Å². The van der Waals surface area contributed by atoms with Crippen molar-refractivity contribution in [3.05, 3.63) is 0 Å². The van der Waals surface area contributed by atoms with Crippen molar-refractivity contribution in [1.82, 2.24) is 10.2 Å². The van der Waals surface area contributed by atoms with Crippen molar-refractivity contribution in [2.75, 3.05) is 20.1 Å². The van der Waals surface area contributed by atoms with Gasteiger partial charge in [-0.25, -0.2) is 0 Å². The fourth-order valence-electron chi connectivity index (χ4n) is 3.05. The molecule has 1 fully saturated rings. The minimum atomic E-state index is 0.708. The van der Waals surface area contributed by atoms with Crippen LogP contribution in [0.15, 0.2) is 0 Å². The van der Waals surface area contributed by atoms with E-state index in [1.54, 1.807) is 0 Å². The van der Waals surface area contributed by atoms with E-state index in [2.05, 4.69) is 38.0 Å². The number of likely N-dealkylation sites (N-methyl/N-ethyl adjacent to an activating group) is 1. The summed E-state index contributed by atoms with van der Waals surface area (Å²) >= 11 is 0. The summed E-state index contributed by atoms with van der Waals surface area (Å²) in [4.78, 5) is 2.54. The quantitative estimate of drug-likeness (QED) is 0.711. The van der Waals surface area contributed by atoms with E-state index in [4.69, 9.17) is 0 Å². The third-order valence-corrected chi connectivity index (χ3v) is 4.70. The third-order valence-electron chi connectivity index (χ3n) is 4.70. The van der Waals surface area contributed by atoms with Crippen LogP contribution in [-0.2, 0) is 0 Å². The summed E-state index contributed by atoms with van der Waals surface area (Å²) in [6, 6.07) is 1.42. The lowest BCUT2D eigenvalue weighted by Crippen LogP contribution is -2.47. The zero-order chi connectivity index (χ0) is 13.4. The Morgan fingerprint density at radius 2 is 1.83 bits per heavy atom. The highest BCUT2D eigenvalue weighted by Crippen LogP contribution is 2.27. The predicted molar refractivity (Wildman–Crippen MR) is 81.0 cm³/mol. The highest BCUT2D eigenvalue weighted by Gasteiger charge is 2.24. The first-order valence-corrected chi connectivity index (χ1v) is 8.12. The van der Waals surface area contributed by atoms with Gasteiger partial charge in [-0.3, -0.25) is 0 Å². The average molecular weight is 254 g/mol. The van der Waals surface area contributed by atoms with E-state index in [1.165, 1.54) is 58.0 Å². The molecule has 0 saturated heterocycles. The Morgan fingerprint density at radius 3 is 2.39 bits per heavy atom. The third kappa shape index (κ3) is 5.27. The minimum Gasteiger partial charge on any atom is -0.312 e. The molecule has 0 amide bonds. The molecule has 0 radical (unpaired) electrons. The Morgan fingerprint density at radius 1 is 1.17 bits per heavy atom. The SMILES string of the molecule is CCCNC(CN(C)C(C)CC)C1CCCCC1. The molecule has 1 aliphatic rings. The fraction of sp³-hybridized carbons (Fsp3) is 1.00. The Kier molecular flexibility index (Phi) is 7.92. The van der Waals surface area contributed by atoms with Gasteiger partial charge in [-0.2, -0.15) is 0 Å². The van der Waals surface area contributed by atoms with Crippen LogP contribution in [0.25, 0.3) is 0 Å². The average Bonchev–Trinajstić information content (AvgIpc) is 2.43. The van der Waals surface area contributed by atoms with Gasteiger partial charge in [0.15, 0.2) is 0 Å². The summed E-state index contributed by atoms with van der Waals surface area (Å²) in [5.41, 5.74) is 0. The van der Waals surface area contributed by atoms with Gasteiger partial charge < -0.3 is 10.2 Å². The zero-order valence-corrected chi connectivity index (χ0v) is 13.0. The molecule has 0 aliphatic heterocycles. The first-order valence-electron chi connectivity index (χ1n) is 8.12. The van der Waals surface area contributed by atoms with Gasteiger partial charge in [0.2, 0.25) is 0 Å². The largest absolute Gasteiger partial charge is 0.312 e. The van der Waals surface area contributed by atoms with Crippen LogP contribution in [0.4, 0.5) is 0 Å². The summed E-state index contributed by atoms with van der Waals surface area (Å²) in [7, 11) is 2.29. The molecule has 108 valence electrons. The number of nitrogens with zero attached hydrogens (tertiary/aromatic N) is 1. The van der Waals surface area contributed by atoms with E-state index >= 15 is 0 Å². The molecular formula is C16H34N2. The summed E-state index contributed by atoms with van der Waals surface area (Å²) in [5.74, 6) is 0.914. The first-order chi connectivity index (χ1) is 8.69. The van der Waals surface area contributed by atoms with Crippen LogP contribution >= 0.6 is 0 Å². The molecule has 2 heteroatoms. The molecular weight excluding hydrogens is 220 g/mol. The van der Waals surface area contributed by atoms with Crippen molar-refractivity contribution in [2.45, 2.75) is 77.8 Å². The smallest absolute Gasteiger partial charge is 0.0223 e. The normalized spacial score (nSPS) is 21.2. The van der Waals surface area contributed by atoms with E-state index in [0.717, 1.165) is 5.92 Å². The zero-order valence-electron chi connectivity index (χ0n) is 13.0. The Labute approximate surface area is 115 Å². The summed E-state index contributed by atoms with van der Waals surface area (Å²) in [6.45, 7) is 9.30. The Balaban J connectivity index is 2.47. The van der Waals surface area contributed by atoms with E-state index in [9.17, 15) is 0 Å². The molecule has 0 aromatic rings. The van der Waals surface area contributed by atoms with Gasteiger partial charge in [0.25, 0.3) is 0 Å². The van der Waals surface area contributed by atoms with Crippen LogP contribution in [0, 0.1) is 5.92 Å². The van der Waals surface area contributed by atoms with Crippen LogP contribution in [0.2, 0.25) is 0 Å². The van der Waals surface area contributed by atoms with Crippen LogP contribution < -0.4 is 5.32 Å². The molecule has 18 heavy (non-hydrogen) atoms. The van der Waals surface area contributed by atoms with Crippen molar-refractivity contribution in [3.8, 4) is 0 Å². The molecule has 0 bridgehead atoms. The molecule has 0 aromatic carbocycles. The summed E-state index contributed by atoms with van der Waals surface area (Å²) in [5, 5.41) is 3.81. The molecule has 2 unspecified atom stereocenters. The molecule has 1 N–H and O–H groups in total. The number of rotatable bonds is 8. The minimum absolute atomic E-state index is 0.708. The topological polar surface area (TPSA) is 15.3 Å². The molecule has 1 rings (SSSR count). The fourth-order valence-corrected chi connectivity index (χ4v) is 3.05. The second kappa shape index (κ2) is 8.92. The molecule has 0 spiro atoms. The van der Waals surface area contributed by atoms with Crippen molar-refractivity contribution in [3.63, 3.8) is 0 Å². The maximum atomic E-state index is 3.81. The van der Waals surface area contributed by atoms with Crippen molar-refractivity contribution >= 4 is 0 Å². The van der Waals surface area contributed by atoms with Crippen molar-refractivity contribution in [2.24, 2.45) is 5.92 Å². The Hall–Kier alpha value is -0.0800. The van der Waals surface area contributed by atoms with Crippen LogP contribution in [-0.4, -0.2) is 37.1 Å². The van der Waals surface area contributed by atoms with Crippen molar-refractivity contribution < 1.29 is 0 Å². The van der Waals surface area contributed by atoms with E-state index in [-0.39, 0.29) is 0 Å². The van der Waals surface area contributed by atoms with Crippen LogP contribution in [0.3, 0.4) is 0 Å². The van der Waals surface area contributed by atoms with E-state index < -0.39 is 0 Å². The van der Waals surface area contributed by atoms with Gasteiger partial charge in [0.1, 0.15) is 0 Å². The van der Waals surface area contributed by atoms with Gasteiger partial charge in [0.05, 0.1) is 0 Å². The van der Waals surface area contributed by atoms with Gasteiger partial charge >= 0.3 is 0 Å². The van der Waals surface area contributed by atoms with Gasteiger partial charge in [-0.15, -0.1) is 0 Å². The number of hydrogen-bond donors (Lipinski definition) is 1. The Bertz CT molecular complexity index is 199. The van der Waals surface area contributed by atoms with Gasteiger partial charge in [-0.05, 0) is 52.1 Å². The number of hydrogen-bond acceptors (Lipinski definition) is 2. The molecule has 0 heterocycles. The van der Waals surface area contributed by atoms with Gasteiger partial charge in [0, 0.05) is 18.6 Å². The molecule has 1 saturated carbocycles. The second-order valence-corrected chi connectivity index (χ2v) is 6.16. The first kappa shape index (κ1) is 16.0. The van der Waals surface area contributed by atoms with Gasteiger partial charge in [-0.1, -0.05) is 33.1 Å². The maximum absolute atomic E-state index is 3.81. The lowest BCUT2D eigenvalue weighted by atomic mass is 9.83. The molecule has 2 atom stereocenters. The lowest BCUT2D eigenvalue weighted by Gasteiger charge is -2.35. The molecule has 1 aliphatic carbocycles. The molecule has 0 aromatic heterocycles. The summed E-state index contributed by atoms with van der Waals surface area (Å²) in [6.07, 6.45) is 9.73. The second-order valence-electron chi connectivity index (χ2n) is 6.16. The van der Waals surface area contributed by atoms with Crippen LogP contribution in [0.1, 0.15) is 65.7 Å². The monoisotopic (exact) mass is 254 g/mol. The predicted octanol–water partition coefficient (Wildman–Crippen LogP) is 3.67. The molecule has 2 nitrogen and oxygen atoms in total.